The van der Waals surface area contributed by atoms with E-state index in [4.69, 9.17) is 0 Å². The maximum absolute atomic E-state index is 12.3. The van der Waals surface area contributed by atoms with Crippen molar-refractivity contribution in [2.75, 3.05) is 19.6 Å². The molecule has 1 aromatic rings. The average Bonchev–Trinajstić information content (AvgIpc) is 2.52. The smallest absolute Gasteiger partial charge is 0.228 e. The molecule has 21 heavy (non-hydrogen) atoms. The van der Waals surface area contributed by atoms with Gasteiger partial charge in [-0.15, -0.1) is 0 Å². The molecule has 2 saturated heterocycles. The maximum atomic E-state index is 12.3. The highest BCUT2D eigenvalue weighted by molar-refractivity contribution is 5.84. The Morgan fingerprint density at radius 2 is 2.10 bits per heavy atom. The molecule has 0 aromatic carbocycles. The molecule has 3 rings (SSSR count). The van der Waals surface area contributed by atoms with Crippen LogP contribution in [0.5, 0.6) is 0 Å². The molecule has 2 fully saturated rings. The number of carbonyl (C=O) groups is 2. The van der Waals surface area contributed by atoms with Gasteiger partial charge in [-0.2, -0.15) is 0 Å². The highest BCUT2D eigenvalue weighted by Gasteiger charge is 2.43. The molecule has 2 aliphatic rings. The minimum absolute atomic E-state index is 0.111. The van der Waals surface area contributed by atoms with Crippen LogP contribution in [-0.2, 0) is 16.0 Å². The fourth-order valence-electron chi connectivity index (χ4n) is 3.36. The number of nitrogens with zero attached hydrogens (tertiary/aromatic N) is 2. The predicted molar refractivity (Wildman–Crippen MR) is 78.4 cm³/mol. The molecule has 0 atom stereocenters. The van der Waals surface area contributed by atoms with E-state index in [0.717, 1.165) is 37.9 Å². The van der Waals surface area contributed by atoms with Gasteiger partial charge < -0.3 is 10.2 Å². The Balaban J connectivity index is 1.58. The second kappa shape index (κ2) is 5.84. The van der Waals surface area contributed by atoms with Crippen molar-refractivity contribution in [3.05, 3.63) is 30.1 Å². The largest absolute Gasteiger partial charge is 0.356 e. The van der Waals surface area contributed by atoms with Gasteiger partial charge in [-0.3, -0.25) is 14.6 Å². The van der Waals surface area contributed by atoms with Crippen LogP contribution >= 0.6 is 0 Å². The standard InChI is InChI=1S/C16H21N3O2/c20-14(12-13-4-1-2-8-17-13)19-10-6-16(7-11-19)5-3-9-18-15(16)21/h1-2,4,8H,3,5-7,9-12H2,(H,18,21). The quantitative estimate of drug-likeness (QED) is 0.887. The zero-order chi connectivity index (χ0) is 14.7. The third-order valence-corrected chi connectivity index (χ3v) is 4.73. The molecule has 1 spiro atoms. The van der Waals surface area contributed by atoms with E-state index in [-0.39, 0.29) is 17.2 Å². The lowest BCUT2D eigenvalue weighted by molar-refractivity contribution is -0.142. The van der Waals surface area contributed by atoms with E-state index in [1.54, 1.807) is 6.20 Å². The van der Waals surface area contributed by atoms with Crippen LogP contribution in [0.3, 0.4) is 0 Å². The number of carbonyl (C=O) groups excluding carboxylic acids is 2. The summed E-state index contributed by atoms with van der Waals surface area (Å²) in [6.07, 6.45) is 5.63. The molecule has 1 aromatic heterocycles. The van der Waals surface area contributed by atoms with Crippen molar-refractivity contribution in [2.45, 2.75) is 32.1 Å². The van der Waals surface area contributed by atoms with Crippen LogP contribution in [0.2, 0.25) is 0 Å². The Morgan fingerprint density at radius 3 is 2.76 bits per heavy atom. The van der Waals surface area contributed by atoms with E-state index in [1.165, 1.54) is 0 Å². The highest BCUT2D eigenvalue weighted by Crippen LogP contribution is 2.38. The second-order valence-corrected chi connectivity index (χ2v) is 6.02. The van der Waals surface area contributed by atoms with Gasteiger partial charge in [0, 0.05) is 31.5 Å². The summed E-state index contributed by atoms with van der Waals surface area (Å²) in [4.78, 5) is 30.5. The fourth-order valence-corrected chi connectivity index (χ4v) is 3.36. The van der Waals surface area contributed by atoms with Gasteiger partial charge in [0.15, 0.2) is 0 Å². The number of aromatic nitrogens is 1. The molecule has 112 valence electrons. The molecule has 0 bridgehead atoms. The molecule has 0 unspecified atom stereocenters. The predicted octanol–water partition coefficient (Wildman–Crippen LogP) is 1.14. The first kappa shape index (κ1) is 14.0. The van der Waals surface area contributed by atoms with Crippen LogP contribution in [0.15, 0.2) is 24.4 Å². The molecule has 2 aliphatic heterocycles. The van der Waals surface area contributed by atoms with Gasteiger partial charge in [-0.25, -0.2) is 0 Å². The summed E-state index contributed by atoms with van der Waals surface area (Å²) in [5, 5.41) is 2.97. The van der Waals surface area contributed by atoms with Gasteiger partial charge in [0.1, 0.15) is 0 Å². The number of amides is 2. The van der Waals surface area contributed by atoms with Crippen molar-refractivity contribution in [1.82, 2.24) is 15.2 Å². The van der Waals surface area contributed by atoms with Crippen molar-refractivity contribution in [2.24, 2.45) is 5.41 Å². The first-order valence-electron chi connectivity index (χ1n) is 7.66. The number of hydrogen-bond acceptors (Lipinski definition) is 3. The number of rotatable bonds is 2. The van der Waals surface area contributed by atoms with Crippen LogP contribution in [-0.4, -0.2) is 41.3 Å². The molecule has 3 heterocycles. The van der Waals surface area contributed by atoms with E-state index in [2.05, 4.69) is 10.3 Å². The van der Waals surface area contributed by atoms with Crippen LogP contribution in [0.4, 0.5) is 0 Å². The summed E-state index contributed by atoms with van der Waals surface area (Å²) >= 11 is 0. The second-order valence-electron chi connectivity index (χ2n) is 6.02. The van der Waals surface area contributed by atoms with Crippen LogP contribution in [0.25, 0.3) is 0 Å². The molecule has 0 aliphatic carbocycles. The van der Waals surface area contributed by atoms with Gasteiger partial charge in [0.05, 0.1) is 11.8 Å². The molecular weight excluding hydrogens is 266 g/mol. The van der Waals surface area contributed by atoms with E-state index < -0.39 is 0 Å². The van der Waals surface area contributed by atoms with Gasteiger partial charge in [0.25, 0.3) is 0 Å². The first-order chi connectivity index (χ1) is 10.2. The van der Waals surface area contributed by atoms with Gasteiger partial charge in [-0.05, 0) is 37.8 Å². The minimum atomic E-state index is -0.222. The monoisotopic (exact) mass is 287 g/mol. The summed E-state index contributed by atoms with van der Waals surface area (Å²) in [5.41, 5.74) is 0.582. The SMILES string of the molecule is O=C(Cc1ccccn1)N1CCC2(CCCNC2=O)CC1. The average molecular weight is 287 g/mol. The third-order valence-electron chi connectivity index (χ3n) is 4.73. The lowest BCUT2D eigenvalue weighted by Crippen LogP contribution is -2.53. The Hall–Kier alpha value is -1.91. The molecule has 5 heteroatoms. The van der Waals surface area contributed by atoms with E-state index in [1.807, 2.05) is 23.1 Å². The number of hydrogen-bond donors (Lipinski definition) is 1. The topological polar surface area (TPSA) is 62.3 Å². The lowest BCUT2D eigenvalue weighted by atomic mass is 9.72. The third kappa shape index (κ3) is 2.91. The zero-order valence-corrected chi connectivity index (χ0v) is 12.2. The summed E-state index contributed by atoms with van der Waals surface area (Å²) in [5.74, 6) is 0.297. The highest BCUT2D eigenvalue weighted by atomic mass is 16.2. The van der Waals surface area contributed by atoms with E-state index in [0.29, 0.717) is 19.5 Å². The van der Waals surface area contributed by atoms with Crippen molar-refractivity contribution < 1.29 is 9.59 Å². The number of likely N-dealkylation sites (tertiary alicyclic amines) is 1. The van der Waals surface area contributed by atoms with Gasteiger partial charge in [0.2, 0.25) is 11.8 Å². The number of piperidine rings is 2. The van der Waals surface area contributed by atoms with Crippen LogP contribution in [0, 0.1) is 5.41 Å². The van der Waals surface area contributed by atoms with E-state index >= 15 is 0 Å². The van der Waals surface area contributed by atoms with Crippen molar-refractivity contribution in [3.8, 4) is 0 Å². The van der Waals surface area contributed by atoms with Crippen molar-refractivity contribution in [3.63, 3.8) is 0 Å². The Labute approximate surface area is 124 Å². The molecule has 5 nitrogen and oxygen atoms in total. The zero-order valence-electron chi connectivity index (χ0n) is 12.2. The van der Waals surface area contributed by atoms with Gasteiger partial charge in [-0.1, -0.05) is 6.07 Å². The summed E-state index contributed by atoms with van der Waals surface area (Å²) in [7, 11) is 0. The minimum Gasteiger partial charge on any atom is -0.356 e. The Kier molecular flexibility index (Phi) is 3.90. The summed E-state index contributed by atoms with van der Waals surface area (Å²) in [6.45, 7) is 2.15. The summed E-state index contributed by atoms with van der Waals surface area (Å²) < 4.78 is 0. The van der Waals surface area contributed by atoms with Gasteiger partial charge >= 0.3 is 0 Å². The first-order valence-corrected chi connectivity index (χ1v) is 7.66. The summed E-state index contributed by atoms with van der Waals surface area (Å²) in [6, 6.07) is 5.62. The molecule has 1 N–H and O–H groups in total. The maximum Gasteiger partial charge on any atom is 0.228 e. The Morgan fingerprint density at radius 1 is 1.29 bits per heavy atom. The molecule has 0 saturated carbocycles. The van der Waals surface area contributed by atoms with Crippen molar-refractivity contribution in [1.29, 1.82) is 0 Å². The lowest BCUT2D eigenvalue weighted by Gasteiger charge is -2.42. The van der Waals surface area contributed by atoms with Crippen molar-refractivity contribution >= 4 is 11.8 Å². The Bertz CT molecular complexity index is 522. The van der Waals surface area contributed by atoms with Crippen LogP contribution in [0.1, 0.15) is 31.4 Å². The molecule has 2 amide bonds. The number of pyridine rings is 1. The number of nitrogens with one attached hydrogen (secondary N) is 1. The molecule has 0 radical (unpaired) electrons. The van der Waals surface area contributed by atoms with Crippen LogP contribution < -0.4 is 5.32 Å². The normalized spacial score (nSPS) is 21.1. The fraction of sp³-hybridized carbons (Fsp3) is 0.562. The van der Waals surface area contributed by atoms with E-state index in [9.17, 15) is 9.59 Å². The molecular formula is C16H21N3O2.